The fraction of sp³-hybridized carbons (Fsp3) is 0.103. The first-order valence-corrected chi connectivity index (χ1v) is 21.9. The van der Waals surface area contributed by atoms with Crippen molar-refractivity contribution in [2.75, 3.05) is 20.8 Å². The predicted molar refractivity (Wildman–Crippen MR) is 265 cm³/mol. The Kier molecular flexibility index (Phi) is 11.7. The average molecular weight is 863 g/mol. The predicted octanol–water partition coefficient (Wildman–Crippen LogP) is 12.1. The van der Waals surface area contributed by atoms with Crippen LogP contribution in [0, 0.1) is 11.8 Å². The average Bonchev–Trinajstić information content (AvgIpc) is 4.23. The Hall–Kier alpha value is -8.22. The number of methoxy groups -OCH3 is 2. The van der Waals surface area contributed by atoms with Crippen LogP contribution >= 0.6 is 0 Å². The van der Waals surface area contributed by atoms with Crippen molar-refractivity contribution in [3.05, 3.63) is 215 Å². The van der Waals surface area contributed by atoms with Crippen LogP contribution in [0.3, 0.4) is 0 Å². The first kappa shape index (κ1) is 41.8. The molecule has 5 aromatic carbocycles. The molecule has 2 aliphatic rings. The highest BCUT2D eigenvalue weighted by molar-refractivity contribution is 5.94. The van der Waals surface area contributed by atoms with Crippen molar-refractivity contribution in [3.63, 3.8) is 0 Å². The van der Waals surface area contributed by atoms with Crippen molar-refractivity contribution in [2.45, 2.75) is 18.1 Å². The van der Waals surface area contributed by atoms with Gasteiger partial charge in [-0.3, -0.25) is 0 Å². The van der Waals surface area contributed by atoms with Crippen LogP contribution in [0.5, 0.6) is 11.5 Å². The van der Waals surface area contributed by atoms with Gasteiger partial charge in [0.25, 0.3) is 0 Å². The highest BCUT2D eigenvalue weighted by Crippen LogP contribution is 2.42. The third-order valence-corrected chi connectivity index (χ3v) is 11.9. The lowest BCUT2D eigenvalue weighted by atomic mass is 9.80. The largest absolute Gasteiger partial charge is 0.497 e. The van der Waals surface area contributed by atoms with E-state index >= 15 is 0 Å². The lowest BCUT2D eigenvalue weighted by Gasteiger charge is -2.36. The zero-order valence-electron chi connectivity index (χ0n) is 36.5. The van der Waals surface area contributed by atoms with E-state index in [1.54, 1.807) is 14.2 Å². The minimum atomic E-state index is -1.09. The van der Waals surface area contributed by atoms with E-state index in [0.717, 1.165) is 83.9 Å². The maximum Gasteiger partial charge on any atom is 0.143 e. The summed E-state index contributed by atoms with van der Waals surface area (Å²) in [5.41, 5.74) is 12.9. The van der Waals surface area contributed by atoms with Gasteiger partial charge in [-0.05, 0) is 107 Å². The summed E-state index contributed by atoms with van der Waals surface area (Å²) in [6.07, 6.45) is 7.24. The molecular formula is C58H46N4O4. The molecule has 0 saturated carbocycles. The molecular weight excluding hydrogens is 817 g/mol. The van der Waals surface area contributed by atoms with Crippen molar-refractivity contribution < 1.29 is 19.3 Å². The number of hydrogen-bond acceptors (Lipinski definition) is 6. The molecule has 8 heteroatoms. The Bertz CT molecular complexity index is 3130. The molecule has 10 rings (SSSR count). The van der Waals surface area contributed by atoms with Crippen LogP contribution in [0.1, 0.15) is 51.5 Å². The molecule has 2 aliphatic heterocycles. The molecule has 0 fully saturated rings. The van der Waals surface area contributed by atoms with Gasteiger partial charge >= 0.3 is 0 Å². The van der Waals surface area contributed by atoms with Crippen LogP contribution < -0.4 is 9.47 Å². The smallest absolute Gasteiger partial charge is 0.143 e. The first-order valence-electron chi connectivity index (χ1n) is 21.9. The Morgan fingerprint density at radius 2 is 0.970 bits per heavy atom. The summed E-state index contributed by atoms with van der Waals surface area (Å²) in [4.78, 5) is 17.8. The van der Waals surface area contributed by atoms with Gasteiger partial charge in [-0.15, -0.1) is 0 Å². The Balaban J connectivity index is 1.09. The highest BCUT2D eigenvalue weighted by atomic mass is 16.5. The molecule has 0 unspecified atom stereocenters. The van der Waals surface area contributed by atoms with Crippen LogP contribution in [-0.2, 0) is 10.3 Å². The Morgan fingerprint density at radius 1 is 0.530 bits per heavy atom. The first-order chi connectivity index (χ1) is 32.5. The number of ether oxygens (including phenoxy) is 3. The van der Waals surface area contributed by atoms with E-state index in [0.29, 0.717) is 17.0 Å². The van der Waals surface area contributed by atoms with Crippen molar-refractivity contribution in [1.82, 2.24) is 19.9 Å². The fourth-order valence-electron chi connectivity index (χ4n) is 8.70. The standard InChI is InChI=1S/C58H46N4O4/c1-64-47-27-21-42(22-28-47)58(41-17-10-5-11-18-41,43-23-29-48(65-2)30-24-43)66-38-46(63)19-12-20-49-50-33-35-54(61-50)56(39-13-6-3-7-14-39)52-31-25-44(59-52)37-45-26-32-53(60-45)57(40-15-8-4-9-16-40)55-36-34-51(49)62-55/h3-11,13-18,21-37,46,59-60,63H,19,38H2,1-2H3/t46-/m0/s1. The third-order valence-electron chi connectivity index (χ3n) is 11.9. The lowest BCUT2D eigenvalue weighted by Crippen LogP contribution is -2.35. The van der Waals surface area contributed by atoms with E-state index in [-0.39, 0.29) is 13.0 Å². The van der Waals surface area contributed by atoms with Crippen LogP contribution in [0.2, 0.25) is 0 Å². The van der Waals surface area contributed by atoms with E-state index in [1.165, 1.54) is 0 Å². The molecule has 0 spiro atoms. The second-order valence-electron chi connectivity index (χ2n) is 16.1. The van der Waals surface area contributed by atoms with Gasteiger partial charge in [0.15, 0.2) is 0 Å². The number of aromatic nitrogens is 4. The van der Waals surface area contributed by atoms with Gasteiger partial charge in [-0.25, -0.2) is 9.97 Å². The minimum Gasteiger partial charge on any atom is -0.497 e. The summed E-state index contributed by atoms with van der Waals surface area (Å²) in [5, 5.41) is 11.8. The third kappa shape index (κ3) is 8.33. The van der Waals surface area contributed by atoms with Crippen LogP contribution in [0.25, 0.3) is 68.6 Å². The van der Waals surface area contributed by atoms with Gasteiger partial charge in [0.1, 0.15) is 17.1 Å². The maximum atomic E-state index is 11.8. The SMILES string of the molecule is COc1ccc(C(OC[C@@H](O)CC#Cc2c3nc(c(-c4ccccc4)c4ccc(cc5ccc([nH]5)c(-c5ccccc5)c5nc2C=C5)[nH]4)C=C3)(c2ccccc2)c2ccc(OC)cc2)cc1. The minimum absolute atomic E-state index is 0.0208. The quantitative estimate of drug-likeness (QED) is 0.0883. The van der Waals surface area contributed by atoms with E-state index in [2.05, 4.69) is 76.4 Å². The summed E-state index contributed by atoms with van der Waals surface area (Å²) in [6, 6.07) is 56.8. The van der Waals surface area contributed by atoms with Gasteiger partial charge < -0.3 is 29.3 Å². The molecule has 0 amide bonds. The lowest BCUT2D eigenvalue weighted by molar-refractivity contribution is -0.0363. The summed E-state index contributed by atoms with van der Waals surface area (Å²) in [6.45, 7) is -0.0208. The molecule has 1 atom stereocenters. The van der Waals surface area contributed by atoms with Gasteiger partial charge in [0, 0.05) is 39.6 Å². The zero-order chi connectivity index (χ0) is 44.9. The summed E-state index contributed by atoms with van der Waals surface area (Å²) < 4.78 is 18.1. The molecule has 3 aromatic heterocycles. The van der Waals surface area contributed by atoms with Gasteiger partial charge in [0.05, 0.1) is 55.3 Å². The van der Waals surface area contributed by atoms with E-state index in [4.69, 9.17) is 24.2 Å². The van der Waals surface area contributed by atoms with E-state index in [1.807, 2.05) is 140 Å². The molecule has 0 saturated heterocycles. The molecule has 5 heterocycles. The second-order valence-corrected chi connectivity index (χ2v) is 16.1. The number of H-pyrrole nitrogens is 2. The highest BCUT2D eigenvalue weighted by Gasteiger charge is 2.38. The number of benzene rings is 5. The molecule has 66 heavy (non-hydrogen) atoms. The monoisotopic (exact) mass is 862 g/mol. The number of rotatable bonds is 11. The summed E-state index contributed by atoms with van der Waals surface area (Å²) in [5.74, 6) is 8.20. The second kappa shape index (κ2) is 18.5. The number of fused-ring (bicyclic) bond motifs is 8. The number of aromatic amines is 2. The van der Waals surface area contributed by atoms with Gasteiger partial charge in [-0.2, -0.15) is 0 Å². The Labute approximate surface area is 383 Å². The number of aliphatic hydroxyl groups is 1. The van der Waals surface area contributed by atoms with Crippen LogP contribution in [-0.4, -0.2) is 52.0 Å². The molecule has 0 radical (unpaired) electrons. The normalized spacial score (nSPS) is 12.3. The zero-order valence-corrected chi connectivity index (χ0v) is 36.5. The number of hydrogen-bond donors (Lipinski definition) is 3. The number of nitrogens with zero attached hydrogens (tertiary/aromatic N) is 2. The Morgan fingerprint density at radius 3 is 1.44 bits per heavy atom. The molecule has 8 aromatic rings. The molecule has 0 aliphatic carbocycles. The fourth-order valence-corrected chi connectivity index (χ4v) is 8.70. The van der Waals surface area contributed by atoms with Crippen molar-refractivity contribution in [3.8, 4) is 45.6 Å². The van der Waals surface area contributed by atoms with Crippen molar-refractivity contribution >= 4 is 46.4 Å². The summed E-state index contributed by atoms with van der Waals surface area (Å²) >= 11 is 0. The van der Waals surface area contributed by atoms with E-state index < -0.39 is 11.7 Å². The molecule has 3 N–H and O–H groups in total. The number of aliphatic hydroxyl groups excluding tert-OH is 1. The van der Waals surface area contributed by atoms with Crippen LogP contribution in [0.15, 0.2) is 170 Å². The molecule has 8 nitrogen and oxygen atoms in total. The topological polar surface area (TPSA) is 105 Å². The van der Waals surface area contributed by atoms with Gasteiger partial charge in [-0.1, -0.05) is 127 Å². The van der Waals surface area contributed by atoms with Crippen molar-refractivity contribution in [1.29, 1.82) is 0 Å². The maximum absolute atomic E-state index is 11.8. The summed E-state index contributed by atoms with van der Waals surface area (Å²) in [7, 11) is 3.29. The number of nitrogens with one attached hydrogen (secondary N) is 2. The van der Waals surface area contributed by atoms with Gasteiger partial charge in [0.2, 0.25) is 0 Å². The van der Waals surface area contributed by atoms with Crippen LogP contribution in [0.4, 0.5) is 0 Å². The molecule has 8 bridgehead atoms. The van der Waals surface area contributed by atoms with E-state index in [9.17, 15) is 5.11 Å². The molecule has 322 valence electrons. The van der Waals surface area contributed by atoms with Crippen molar-refractivity contribution in [2.24, 2.45) is 0 Å².